The monoisotopic (exact) mass is 325 g/mol. The summed E-state index contributed by atoms with van der Waals surface area (Å²) >= 11 is 1.34. The lowest BCUT2D eigenvalue weighted by atomic mass is 10.1. The van der Waals surface area contributed by atoms with Crippen molar-refractivity contribution in [3.05, 3.63) is 16.5 Å². The molecule has 0 aromatic carbocycles. The number of hydrogen-bond donors (Lipinski definition) is 3. The van der Waals surface area contributed by atoms with Crippen LogP contribution in [0.4, 0.5) is 5.00 Å². The number of hydrogen-bond acceptors (Lipinski definition) is 6. The molecule has 3 N–H and O–H groups in total. The highest BCUT2D eigenvalue weighted by atomic mass is 32.1. The van der Waals surface area contributed by atoms with Gasteiger partial charge in [0, 0.05) is 18.0 Å². The quantitative estimate of drug-likeness (QED) is 0.686. The van der Waals surface area contributed by atoms with E-state index in [9.17, 15) is 14.4 Å². The molecule has 8 heteroatoms. The van der Waals surface area contributed by atoms with Crippen LogP contribution in [0.2, 0.25) is 0 Å². The summed E-state index contributed by atoms with van der Waals surface area (Å²) in [5, 5.41) is 8.86. The Bertz CT molecular complexity index is 585. The van der Waals surface area contributed by atoms with Gasteiger partial charge in [0.25, 0.3) is 0 Å². The van der Waals surface area contributed by atoms with E-state index in [1.165, 1.54) is 18.4 Å². The first-order valence-electron chi connectivity index (χ1n) is 7.07. The fourth-order valence-electron chi connectivity index (χ4n) is 2.15. The summed E-state index contributed by atoms with van der Waals surface area (Å²) in [6.45, 7) is 3.17. The molecular weight excluding hydrogens is 306 g/mol. The van der Waals surface area contributed by atoms with Gasteiger partial charge in [0.05, 0.1) is 25.1 Å². The third-order valence-electron chi connectivity index (χ3n) is 3.31. The molecule has 1 aromatic heterocycles. The van der Waals surface area contributed by atoms with E-state index in [1.807, 2.05) is 6.92 Å². The molecule has 1 aromatic rings. The third-order valence-corrected chi connectivity index (χ3v) is 4.51. The van der Waals surface area contributed by atoms with E-state index in [0.717, 1.165) is 11.3 Å². The number of anilines is 1. The summed E-state index contributed by atoms with van der Waals surface area (Å²) in [4.78, 5) is 36.5. The Morgan fingerprint density at radius 3 is 2.86 bits per heavy atom. The smallest absolute Gasteiger partial charge is 0.340 e. The van der Waals surface area contributed by atoms with Crippen molar-refractivity contribution in [2.45, 2.75) is 25.8 Å². The Morgan fingerprint density at radius 2 is 2.23 bits per heavy atom. The number of carbonyl (C=O) groups is 3. The van der Waals surface area contributed by atoms with Crippen LogP contribution < -0.4 is 16.0 Å². The van der Waals surface area contributed by atoms with E-state index in [1.54, 1.807) is 6.07 Å². The second-order valence-corrected chi connectivity index (χ2v) is 5.99. The number of aryl methyl sites for hydroxylation is 1. The van der Waals surface area contributed by atoms with Crippen LogP contribution in [0.25, 0.3) is 0 Å². The van der Waals surface area contributed by atoms with E-state index in [2.05, 4.69) is 16.0 Å². The van der Waals surface area contributed by atoms with Crippen LogP contribution in [0.1, 0.15) is 28.6 Å². The average Bonchev–Trinajstić information content (AvgIpc) is 2.91. The standard InChI is InChI=1S/C14H19N3O4S/c1-3-8-6-9(14(20)21-2)13(22-8)17-11(18)7-10-12(19)16-5-4-15-10/h6,10,15H,3-5,7H2,1-2H3,(H,16,19)(H,17,18)/t10-/m1/s1. The fraction of sp³-hybridized carbons (Fsp3) is 0.500. The number of carbonyl (C=O) groups excluding carboxylic acids is 3. The molecule has 2 heterocycles. The Labute approximate surface area is 132 Å². The summed E-state index contributed by atoms with van der Waals surface area (Å²) < 4.78 is 4.72. The highest BCUT2D eigenvalue weighted by Crippen LogP contribution is 2.29. The molecule has 2 amide bonds. The zero-order chi connectivity index (χ0) is 16.1. The van der Waals surface area contributed by atoms with Gasteiger partial charge in [-0.3, -0.25) is 9.59 Å². The van der Waals surface area contributed by atoms with Crippen molar-refractivity contribution in [2.75, 3.05) is 25.5 Å². The van der Waals surface area contributed by atoms with E-state index in [4.69, 9.17) is 4.74 Å². The zero-order valence-corrected chi connectivity index (χ0v) is 13.3. The molecule has 1 atom stereocenters. The molecule has 0 unspecified atom stereocenters. The molecule has 1 aliphatic heterocycles. The summed E-state index contributed by atoms with van der Waals surface area (Å²) in [5.74, 6) is -0.987. The Kier molecular flexibility index (Phi) is 5.51. The zero-order valence-electron chi connectivity index (χ0n) is 12.5. The van der Waals surface area contributed by atoms with Gasteiger partial charge in [-0.2, -0.15) is 0 Å². The van der Waals surface area contributed by atoms with Gasteiger partial charge >= 0.3 is 5.97 Å². The van der Waals surface area contributed by atoms with Crippen molar-refractivity contribution in [1.29, 1.82) is 0 Å². The van der Waals surface area contributed by atoms with Crippen LogP contribution >= 0.6 is 11.3 Å². The number of ether oxygens (including phenoxy) is 1. The lowest BCUT2D eigenvalue weighted by Gasteiger charge is -2.22. The molecule has 0 bridgehead atoms. The van der Waals surface area contributed by atoms with E-state index in [-0.39, 0.29) is 18.2 Å². The van der Waals surface area contributed by atoms with Gasteiger partial charge in [-0.15, -0.1) is 11.3 Å². The number of methoxy groups -OCH3 is 1. The second-order valence-electron chi connectivity index (χ2n) is 4.85. The van der Waals surface area contributed by atoms with Crippen molar-refractivity contribution in [3.63, 3.8) is 0 Å². The fourth-order valence-corrected chi connectivity index (χ4v) is 3.15. The summed E-state index contributed by atoms with van der Waals surface area (Å²) in [7, 11) is 1.30. The Balaban J connectivity index is 2.05. The molecule has 22 heavy (non-hydrogen) atoms. The van der Waals surface area contributed by atoms with Gasteiger partial charge in [-0.25, -0.2) is 4.79 Å². The highest BCUT2D eigenvalue weighted by molar-refractivity contribution is 7.16. The number of rotatable bonds is 5. The van der Waals surface area contributed by atoms with Crippen LogP contribution in [0, 0.1) is 0 Å². The molecule has 7 nitrogen and oxygen atoms in total. The maximum absolute atomic E-state index is 12.1. The number of nitrogens with one attached hydrogen (secondary N) is 3. The van der Waals surface area contributed by atoms with Gasteiger partial charge < -0.3 is 20.7 Å². The van der Waals surface area contributed by atoms with Crippen molar-refractivity contribution in [2.24, 2.45) is 0 Å². The van der Waals surface area contributed by atoms with Gasteiger partial charge in [0.2, 0.25) is 11.8 Å². The lowest BCUT2D eigenvalue weighted by molar-refractivity contribution is -0.127. The van der Waals surface area contributed by atoms with Crippen LogP contribution in [-0.4, -0.2) is 44.0 Å². The summed E-state index contributed by atoms with van der Waals surface area (Å²) in [6.07, 6.45) is 0.781. The van der Waals surface area contributed by atoms with Crippen molar-refractivity contribution >= 4 is 34.1 Å². The van der Waals surface area contributed by atoms with Crippen molar-refractivity contribution < 1.29 is 19.1 Å². The molecule has 2 rings (SSSR count). The minimum atomic E-state index is -0.541. The molecule has 1 fully saturated rings. The number of piperazine rings is 1. The number of thiophene rings is 1. The first-order chi connectivity index (χ1) is 10.5. The maximum atomic E-state index is 12.1. The number of amides is 2. The third kappa shape index (κ3) is 3.83. The van der Waals surface area contributed by atoms with Gasteiger partial charge in [0.1, 0.15) is 5.00 Å². The minimum absolute atomic E-state index is 0.0196. The number of esters is 1. The molecule has 1 aliphatic rings. The molecular formula is C14H19N3O4S. The predicted molar refractivity (Wildman–Crippen MR) is 83.1 cm³/mol. The normalized spacial score (nSPS) is 17.7. The topological polar surface area (TPSA) is 96.5 Å². The summed E-state index contributed by atoms with van der Waals surface area (Å²) in [6, 6.07) is 1.18. The molecule has 0 aliphatic carbocycles. The van der Waals surface area contributed by atoms with Crippen LogP contribution in [0.15, 0.2) is 6.07 Å². The maximum Gasteiger partial charge on any atom is 0.340 e. The van der Waals surface area contributed by atoms with Crippen LogP contribution in [0.5, 0.6) is 0 Å². The average molecular weight is 325 g/mol. The van der Waals surface area contributed by atoms with Crippen LogP contribution in [-0.2, 0) is 20.7 Å². The molecule has 120 valence electrons. The largest absolute Gasteiger partial charge is 0.465 e. The van der Waals surface area contributed by atoms with Crippen molar-refractivity contribution in [3.8, 4) is 0 Å². The van der Waals surface area contributed by atoms with E-state index < -0.39 is 12.0 Å². The minimum Gasteiger partial charge on any atom is -0.465 e. The van der Waals surface area contributed by atoms with Gasteiger partial charge in [-0.1, -0.05) is 6.92 Å². The predicted octanol–water partition coefficient (Wildman–Crippen LogP) is 0.514. The van der Waals surface area contributed by atoms with Gasteiger partial charge in [0.15, 0.2) is 0 Å². The molecule has 1 saturated heterocycles. The second kappa shape index (κ2) is 7.37. The van der Waals surface area contributed by atoms with Crippen LogP contribution in [0.3, 0.4) is 0 Å². The molecule has 0 spiro atoms. The first-order valence-corrected chi connectivity index (χ1v) is 7.88. The van der Waals surface area contributed by atoms with Gasteiger partial charge in [-0.05, 0) is 12.5 Å². The summed E-state index contributed by atoms with van der Waals surface area (Å²) in [5.41, 5.74) is 0.346. The van der Waals surface area contributed by atoms with Crippen molar-refractivity contribution in [1.82, 2.24) is 10.6 Å². The molecule has 0 saturated carbocycles. The SMILES string of the molecule is CCc1cc(C(=O)OC)c(NC(=O)C[C@H]2NCCNC2=O)s1. The molecule has 0 radical (unpaired) electrons. The first kappa shape index (κ1) is 16.4. The lowest BCUT2D eigenvalue weighted by Crippen LogP contribution is -2.53. The van der Waals surface area contributed by atoms with E-state index in [0.29, 0.717) is 23.7 Å². The Morgan fingerprint density at radius 1 is 1.45 bits per heavy atom. The highest BCUT2D eigenvalue weighted by Gasteiger charge is 2.25. The van der Waals surface area contributed by atoms with E-state index >= 15 is 0 Å². The Hall–Kier alpha value is -1.93.